The van der Waals surface area contributed by atoms with Gasteiger partial charge in [-0.3, -0.25) is 19.3 Å². The van der Waals surface area contributed by atoms with Crippen LogP contribution in [0.2, 0.25) is 5.02 Å². The minimum absolute atomic E-state index is 0.0224. The number of ether oxygens (including phenoxy) is 2. The van der Waals surface area contributed by atoms with Gasteiger partial charge in [0.2, 0.25) is 5.91 Å². The van der Waals surface area contributed by atoms with E-state index in [-0.39, 0.29) is 23.6 Å². The predicted octanol–water partition coefficient (Wildman–Crippen LogP) is 9.14. The number of hydrogen-bond donors (Lipinski definition) is 2. The fourth-order valence-electron chi connectivity index (χ4n) is 5.65. The summed E-state index contributed by atoms with van der Waals surface area (Å²) in [5, 5.41) is 6.67. The number of ketones is 1. The van der Waals surface area contributed by atoms with Crippen LogP contribution in [0.25, 0.3) is 0 Å². The van der Waals surface area contributed by atoms with Crippen molar-refractivity contribution >= 4 is 29.2 Å². The van der Waals surface area contributed by atoms with E-state index in [1.54, 1.807) is 62.4 Å². The molecule has 2 N–H and O–H groups in total. The summed E-state index contributed by atoms with van der Waals surface area (Å²) in [4.78, 5) is 41.1. The molecule has 0 aliphatic carbocycles. The van der Waals surface area contributed by atoms with Crippen LogP contribution in [-0.4, -0.2) is 73.5 Å². The Morgan fingerprint density at radius 2 is 1.20 bits per heavy atom. The zero-order valence-corrected chi connectivity index (χ0v) is 33.6. The van der Waals surface area contributed by atoms with Gasteiger partial charge in [-0.1, -0.05) is 91.4 Å². The van der Waals surface area contributed by atoms with E-state index in [1.165, 1.54) is 0 Å². The molecule has 1 heterocycles. The van der Waals surface area contributed by atoms with Crippen LogP contribution in [-0.2, 0) is 14.3 Å². The lowest BCUT2D eigenvalue weighted by atomic mass is 10.0. The SMILES string of the molecule is CCC=CCC=CCC=CCC=CCC=CCC=CCCC(=O)NCC(CNC(=O)C(C)(C)Oc1ccc(C(=O)c2ccc(Cl)cc2)cc1)N1CCOCC1. The van der Waals surface area contributed by atoms with E-state index in [0.29, 0.717) is 61.0 Å². The Kier molecular flexibility index (Phi) is 21.5. The Morgan fingerprint density at radius 1 is 0.727 bits per heavy atom. The molecule has 1 unspecified atom stereocenters. The number of carbonyl (C=O) groups excluding carboxylic acids is 3. The first kappa shape index (κ1) is 44.9. The smallest absolute Gasteiger partial charge is 0.263 e. The minimum atomic E-state index is -1.18. The minimum Gasteiger partial charge on any atom is -0.478 e. The van der Waals surface area contributed by atoms with E-state index in [0.717, 1.165) is 51.6 Å². The number of hydrogen-bond acceptors (Lipinski definition) is 6. The van der Waals surface area contributed by atoms with Gasteiger partial charge >= 0.3 is 0 Å². The summed E-state index contributed by atoms with van der Waals surface area (Å²) < 4.78 is 11.6. The van der Waals surface area contributed by atoms with Crippen molar-refractivity contribution in [1.82, 2.24) is 15.5 Å². The quantitative estimate of drug-likeness (QED) is 0.0817. The molecule has 3 rings (SSSR count). The van der Waals surface area contributed by atoms with Crippen molar-refractivity contribution in [1.29, 1.82) is 0 Å². The molecule has 1 atom stereocenters. The molecule has 1 aliphatic heterocycles. The fraction of sp³-hybridized carbons (Fsp3) is 0.413. The molecule has 8 nitrogen and oxygen atoms in total. The van der Waals surface area contributed by atoms with Crippen LogP contribution in [0.4, 0.5) is 0 Å². The summed E-state index contributed by atoms with van der Waals surface area (Å²) in [7, 11) is 0. The molecular weight excluding hydrogens is 710 g/mol. The molecule has 0 saturated carbocycles. The zero-order valence-electron chi connectivity index (χ0n) is 32.9. The van der Waals surface area contributed by atoms with Gasteiger partial charge in [0, 0.05) is 54.8 Å². The number of nitrogens with zero attached hydrogens (tertiary/aromatic N) is 1. The van der Waals surface area contributed by atoms with Crippen molar-refractivity contribution in [2.75, 3.05) is 39.4 Å². The van der Waals surface area contributed by atoms with Crippen molar-refractivity contribution in [2.45, 2.75) is 83.8 Å². The van der Waals surface area contributed by atoms with Crippen molar-refractivity contribution in [3.05, 3.63) is 138 Å². The predicted molar refractivity (Wildman–Crippen MR) is 226 cm³/mol. The second-order valence-corrected chi connectivity index (χ2v) is 14.2. The Balaban J connectivity index is 1.35. The highest BCUT2D eigenvalue weighted by molar-refractivity contribution is 6.30. The first-order chi connectivity index (χ1) is 26.7. The Bertz CT molecular complexity index is 1620. The molecule has 1 saturated heterocycles. The molecule has 55 heavy (non-hydrogen) atoms. The van der Waals surface area contributed by atoms with Crippen LogP contribution >= 0.6 is 11.6 Å². The van der Waals surface area contributed by atoms with Gasteiger partial charge in [0.1, 0.15) is 5.75 Å². The van der Waals surface area contributed by atoms with Gasteiger partial charge < -0.3 is 20.1 Å². The second kappa shape index (κ2) is 26.3. The zero-order chi connectivity index (χ0) is 39.6. The van der Waals surface area contributed by atoms with Crippen LogP contribution < -0.4 is 15.4 Å². The van der Waals surface area contributed by atoms with Gasteiger partial charge in [-0.15, -0.1) is 0 Å². The summed E-state index contributed by atoms with van der Waals surface area (Å²) in [6.45, 7) is 8.95. The van der Waals surface area contributed by atoms with Crippen molar-refractivity contribution < 1.29 is 23.9 Å². The Hall–Kier alpha value is -4.50. The molecule has 0 radical (unpaired) electrons. The van der Waals surface area contributed by atoms with Crippen molar-refractivity contribution in [3.63, 3.8) is 0 Å². The number of morpholine rings is 1. The van der Waals surface area contributed by atoms with Gasteiger partial charge in [-0.25, -0.2) is 0 Å². The standard InChI is InChI=1S/C46H60ClN3O5/c1-4-5-6-7-8-9-10-11-12-13-14-15-16-17-18-19-20-21-22-23-43(51)48-36-41(50-32-34-54-35-33-50)37-49-45(53)46(2,3)55-42-30-26-39(27-31-42)44(52)38-24-28-40(47)29-25-38/h5-6,8-9,11-12,14-15,17-18,20-21,24-31,41H,4,7,10,13,16,19,22-23,32-37H2,1-3H3,(H,48,51)(H,49,53). The number of rotatable bonds is 24. The third-order valence-corrected chi connectivity index (χ3v) is 9.12. The van der Waals surface area contributed by atoms with Gasteiger partial charge in [0.25, 0.3) is 5.91 Å². The van der Waals surface area contributed by atoms with E-state index < -0.39 is 5.60 Å². The van der Waals surface area contributed by atoms with Crippen LogP contribution in [0.3, 0.4) is 0 Å². The summed E-state index contributed by atoms with van der Waals surface area (Å²) in [6.07, 6.45) is 32.8. The van der Waals surface area contributed by atoms with Crippen LogP contribution in [0.5, 0.6) is 5.75 Å². The molecule has 2 aromatic carbocycles. The largest absolute Gasteiger partial charge is 0.478 e. The lowest BCUT2D eigenvalue weighted by Crippen LogP contribution is -2.56. The molecular formula is C46H60ClN3O5. The number of allylic oxidation sites excluding steroid dienone is 12. The van der Waals surface area contributed by atoms with E-state index in [2.05, 4.69) is 89.3 Å². The highest BCUT2D eigenvalue weighted by atomic mass is 35.5. The molecule has 2 amide bonds. The molecule has 0 aromatic heterocycles. The normalized spacial score (nSPS) is 14.9. The highest BCUT2D eigenvalue weighted by Gasteiger charge is 2.31. The second-order valence-electron chi connectivity index (χ2n) is 13.7. The number of nitrogens with one attached hydrogen (secondary N) is 2. The summed E-state index contributed by atoms with van der Waals surface area (Å²) in [6, 6.07) is 13.4. The maximum absolute atomic E-state index is 13.3. The maximum Gasteiger partial charge on any atom is 0.263 e. The van der Waals surface area contributed by atoms with Crippen LogP contribution in [0.1, 0.15) is 88.1 Å². The van der Waals surface area contributed by atoms with Crippen LogP contribution in [0.15, 0.2) is 121 Å². The van der Waals surface area contributed by atoms with Gasteiger partial charge in [0.05, 0.1) is 13.2 Å². The Labute approximate surface area is 334 Å². The summed E-state index contributed by atoms with van der Waals surface area (Å²) in [5.74, 6) is 0.0358. The molecule has 2 aromatic rings. The summed E-state index contributed by atoms with van der Waals surface area (Å²) in [5.41, 5.74) is -0.141. The molecule has 296 valence electrons. The molecule has 1 aliphatic rings. The monoisotopic (exact) mass is 769 g/mol. The topological polar surface area (TPSA) is 97.0 Å². The van der Waals surface area contributed by atoms with Crippen molar-refractivity contribution in [2.24, 2.45) is 0 Å². The first-order valence-electron chi connectivity index (χ1n) is 19.6. The summed E-state index contributed by atoms with van der Waals surface area (Å²) >= 11 is 5.95. The lowest BCUT2D eigenvalue weighted by molar-refractivity contribution is -0.134. The van der Waals surface area contributed by atoms with Gasteiger partial charge in [0.15, 0.2) is 11.4 Å². The maximum atomic E-state index is 13.3. The van der Waals surface area contributed by atoms with Crippen LogP contribution in [0, 0.1) is 0 Å². The first-order valence-corrected chi connectivity index (χ1v) is 19.9. The van der Waals surface area contributed by atoms with Gasteiger partial charge in [-0.2, -0.15) is 0 Å². The number of carbonyl (C=O) groups is 3. The van der Waals surface area contributed by atoms with Gasteiger partial charge in [-0.05, 0) is 107 Å². The third-order valence-electron chi connectivity index (χ3n) is 8.87. The van der Waals surface area contributed by atoms with E-state index in [9.17, 15) is 14.4 Å². The lowest BCUT2D eigenvalue weighted by Gasteiger charge is -2.35. The molecule has 0 spiro atoms. The van der Waals surface area contributed by atoms with E-state index in [1.807, 2.05) is 6.08 Å². The third kappa shape index (κ3) is 18.6. The van der Waals surface area contributed by atoms with E-state index in [4.69, 9.17) is 21.1 Å². The average Bonchev–Trinajstić information content (AvgIpc) is 3.19. The fourth-order valence-corrected chi connectivity index (χ4v) is 5.78. The van der Waals surface area contributed by atoms with E-state index >= 15 is 0 Å². The number of amides is 2. The average molecular weight is 770 g/mol. The molecule has 1 fully saturated rings. The Morgan fingerprint density at radius 3 is 1.73 bits per heavy atom. The molecule has 0 bridgehead atoms. The van der Waals surface area contributed by atoms with Crippen molar-refractivity contribution in [3.8, 4) is 5.75 Å². The highest BCUT2D eigenvalue weighted by Crippen LogP contribution is 2.21. The number of halogens is 1. The number of benzene rings is 2. The molecule has 9 heteroatoms.